The average molecular weight is 446 g/mol. The normalized spacial score (nSPS) is 15.0. The number of thioether (sulfide) groups is 1. The summed E-state index contributed by atoms with van der Waals surface area (Å²) in [5.41, 5.74) is 2.54. The van der Waals surface area contributed by atoms with Crippen LogP contribution in [0.3, 0.4) is 0 Å². The Morgan fingerprint density at radius 3 is 2.63 bits per heavy atom. The number of carbonyl (C=O) groups excluding carboxylic acids is 3. The molecule has 0 aliphatic carbocycles. The fourth-order valence-electron chi connectivity index (χ4n) is 2.83. The Hall–Kier alpha value is -3.17. The lowest BCUT2D eigenvalue weighted by Crippen LogP contribution is -2.36. The molecule has 0 spiro atoms. The van der Waals surface area contributed by atoms with Crippen LogP contribution in [0.1, 0.15) is 16.7 Å². The highest BCUT2D eigenvalue weighted by Crippen LogP contribution is 2.33. The van der Waals surface area contributed by atoms with Crippen LogP contribution in [0.2, 0.25) is 5.02 Å². The maximum Gasteiger partial charge on any atom is 0.294 e. The molecule has 30 heavy (non-hydrogen) atoms. The van der Waals surface area contributed by atoms with Crippen molar-refractivity contribution in [2.45, 2.75) is 13.8 Å². The standard InChI is InChI=1S/C20H16ClN3O5S/c1-11-3-6-15(12(2)7-11)22-18(25)10-23-19(26)17(30-20(23)27)9-13-4-5-14(21)16(8-13)24(28)29/h3-9H,10H2,1-2H3,(H,22,25)/b17-9-. The minimum atomic E-state index is -0.640. The van der Waals surface area contributed by atoms with Crippen molar-refractivity contribution >= 4 is 57.9 Å². The van der Waals surface area contributed by atoms with Gasteiger partial charge in [0, 0.05) is 11.8 Å². The largest absolute Gasteiger partial charge is 0.324 e. The van der Waals surface area contributed by atoms with Gasteiger partial charge in [0.2, 0.25) is 5.91 Å². The van der Waals surface area contributed by atoms with Crippen molar-refractivity contribution in [3.05, 3.63) is 73.1 Å². The van der Waals surface area contributed by atoms with Crippen molar-refractivity contribution in [1.82, 2.24) is 4.90 Å². The number of anilines is 1. The van der Waals surface area contributed by atoms with Crippen molar-refractivity contribution < 1.29 is 19.3 Å². The van der Waals surface area contributed by atoms with Gasteiger partial charge in [-0.1, -0.05) is 35.4 Å². The molecule has 0 aromatic heterocycles. The summed E-state index contributed by atoms with van der Waals surface area (Å²) in [5, 5.41) is 13.1. The van der Waals surface area contributed by atoms with Gasteiger partial charge in [-0.15, -0.1) is 0 Å². The predicted molar refractivity (Wildman–Crippen MR) is 115 cm³/mol. The maximum atomic E-state index is 12.6. The third kappa shape index (κ3) is 4.69. The van der Waals surface area contributed by atoms with E-state index in [1.165, 1.54) is 24.3 Å². The van der Waals surface area contributed by atoms with E-state index in [0.29, 0.717) is 23.0 Å². The minimum Gasteiger partial charge on any atom is -0.324 e. The van der Waals surface area contributed by atoms with Gasteiger partial charge in [-0.25, -0.2) is 0 Å². The molecule has 1 heterocycles. The zero-order chi connectivity index (χ0) is 22.0. The van der Waals surface area contributed by atoms with Crippen LogP contribution in [-0.4, -0.2) is 33.4 Å². The molecule has 0 atom stereocenters. The maximum absolute atomic E-state index is 12.6. The second-order valence-electron chi connectivity index (χ2n) is 6.60. The molecule has 10 heteroatoms. The van der Waals surface area contributed by atoms with Crippen LogP contribution in [0.25, 0.3) is 6.08 Å². The highest BCUT2D eigenvalue weighted by Gasteiger charge is 2.36. The molecule has 1 N–H and O–H groups in total. The first-order valence-corrected chi connectivity index (χ1v) is 9.91. The zero-order valence-electron chi connectivity index (χ0n) is 16.0. The number of rotatable bonds is 5. The number of hydrogen-bond donors (Lipinski definition) is 1. The molecule has 3 rings (SSSR count). The second kappa shape index (κ2) is 8.68. The Morgan fingerprint density at radius 2 is 1.97 bits per heavy atom. The van der Waals surface area contributed by atoms with Crippen molar-refractivity contribution in [1.29, 1.82) is 0 Å². The van der Waals surface area contributed by atoms with E-state index in [1.807, 2.05) is 26.0 Å². The Kier molecular flexibility index (Phi) is 6.23. The average Bonchev–Trinajstić information content (AvgIpc) is 2.92. The molecule has 0 radical (unpaired) electrons. The smallest absolute Gasteiger partial charge is 0.294 e. The van der Waals surface area contributed by atoms with E-state index < -0.39 is 28.5 Å². The molecule has 0 unspecified atom stereocenters. The molecular formula is C20H16ClN3O5S. The van der Waals surface area contributed by atoms with Crippen molar-refractivity contribution in [2.75, 3.05) is 11.9 Å². The first-order valence-electron chi connectivity index (χ1n) is 8.72. The molecule has 1 saturated heterocycles. The highest BCUT2D eigenvalue weighted by molar-refractivity contribution is 8.18. The van der Waals surface area contributed by atoms with Crippen LogP contribution in [0.5, 0.6) is 0 Å². The fraction of sp³-hybridized carbons (Fsp3) is 0.150. The minimum absolute atomic E-state index is 0.0340. The number of benzene rings is 2. The van der Waals surface area contributed by atoms with E-state index in [2.05, 4.69) is 5.32 Å². The van der Waals surface area contributed by atoms with Crippen LogP contribution < -0.4 is 5.32 Å². The number of carbonyl (C=O) groups is 3. The van der Waals surface area contributed by atoms with Gasteiger partial charge in [0.05, 0.1) is 9.83 Å². The first kappa shape index (κ1) is 21.5. The molecule has 1 fully saturated rings. The summed E-state index contributed by atoms with van der Waals surface area (Å²) in [5.74, 6) is -1.15. The number of nitro groups is 1. The second-order valence-corrected chi connectivity index (χ2v) is 8.00. The zero-order valence-corrected chi connectivity index (χ0v) is 17.5. The number of imide groups is 1. The van der Waals surface area contributed by atoms with E-state index in [-0.39, 0.29) is 15.6 Å². The monoisotopic (exact) mass is 445 g/mol. The number of nitrogens with zero attached hydrogens (tertiary/aromatic N) is 2. The highest BCUT2D eigenvalue weighted by atomic mass is 35.5. The van der Waals surface area contributed by atoms with Gasteiger partial charge >= 0.3 is 0 Å². The third-order valence-corrected chi connectivity index (χ3v) is 5.52. The predicted octanol–water partition coefficient (Wildman–Crippen LogP) is 4.54. The van der Waals surface area contributed by atoms with Crippen LogP contribution in [-0.2, 0) is 9.59 Å². The van der Waals surface area contributed by atoms with Crippen molar-refractivity contribution in [3.63, 3.8) is 0 Å². The van der Waals surface area contributed by atoms with Gasteiger partial charge in [0.1, 0.15) is 11.6 Å². The molecule has 2 aromatic rings. The van der Waals surface area contributed by atoms with Crippen LogP contribution in [0, 0.1) is 24.0 Å². The van der Waals surface area contributed by atoms with Gasteiger partial charge in [0.15, 0.2) is 0 Å². The number of hydrogen-bond acceptors (Lipinski definition) is 6. The third-order valence-electron chi connectivity index (χ3n) is 4.30. The lowest BCUT2D eigenvalue weighted by Gasteiger charge is -2.14. The van der Waals surface area contributed by atoms with E-state index in [9.17, 15) is 24.5 Å². The molecule has 1 aliphatic heterocycles. The molecular weight excluding hydrogens is 430 g/mol. The van der Waals surface area contributed by atoms with Crippen molar-refractivity contribution in [3.8, 4) is 0 Å². The molecule has 0 bridgehead atoms. The van der Waals surface area contributed by atoms with Gasteiger partial charge < -0.3 is 5.32 Å². The summed E-state index contributed by atoms with van der Waals surface area (Å²) in [6, 6.07) is 9.55. The number of halogens is 1. The first-order chi connectivity index (χ1) is 14.2. The van der Waals surface area contributed by atoms with Gasteiger partial charge in [-0.05, 0) is 54.9 Å². The lowest BCUT2D eigenvalue weighted by molar-refractivity contribution is -0.384. The molecule has 0 saturated carbocycles. The molecule has 154 valence electrons. The van der Waals surface area contributed by atoms with Gasteiger partial charge in [-0.2, -0.15) is 0 Å². The lowest BCUT2D eigenvalue weighted by atomic mass is 10.1. The van der Waals surface area contributed by atoms with Gasteiger partial charge in [-0.3, -0.25) is 29.4 Å². The van der Waals surface area contributed by atoms with E-state index in [0.717, 1.165) is 16.0 Å². The molecule has 8 nitrogen and oxygen atoms in total. The Balaban J connectivity index is 1.74. The van der Waals surface area contributed by atoms with E-state index >= 15 is 0 Å². The van der Waals surface area contributed by atoms with Crippen LogP contribution in [0.15, 0.2) is 41.3 Å². The summed E-state index contributed by atoms with van der Waals surface area (Å²) >= 11 is 6.45. The Morgan fingerprint density at radius 1 is 1.23 bits per heavy atom. The topological polar surface area (TPSA) is 110 Å². The Bertz CT molecular complexity index is 1120. The van der Waals surface area contributed by atoms with E-state index in [1.54, 1.807) is 6.07 Å². The Labute approximate surface area is 181 Å². The number of nitro benzene ring substituents is 1. The summed E-state index contributed by atoms with van der Waals surface area (Å²) in [6.07, 6.45) is 1.36. The molecule has 1 aliphatic rings. The van der Waals surface area contributed by atoms with Crippen molar-refractivity contribution in [2.24, 2.45) is 0 Å². The molecule has 2 aromatic carbocycles. The van der Waals surface area contributed by atoms with Crippen LogP contribution >= 0.6 is 23.4 Å². The summed E-state index contributed by atoms with van der Waals surface area (Å²) in [6.45, 7) is 3.34. The quantitative estimate of drug-likeness (QED) is 0.411. The number of aryl methyl sites for hydroxylation is 2. The summed E-state index contributed by atoms with van der Waals surface area (Å²) < 4.78 is 0. The summed E-state index contributed by atoms with van der Waals surface area (Å²) in [4.78, 5) is 48.4. The van der Waals surface area contributed by atoms with E-state index in [4.69, 9.17) is 11.6 Å². The van der Waals surface area contributed by atoms with Crippen LogP contribution in [0.4, 0.5) is 16.2 Å². The SMILES string of the molecule is Cc1ccc(NC(=O)CN2C(=O)S/C(=C\c3ccc(Cl)c([N+](=O)[O-])c3)C2=O)c(C)c1. The molecule has 3 amide bonds. The van der Waals surface area contributed by atoms with Gasteiger partial charge in [0.25, 0.3) is 16.8 Å². The number of amides is 3. The summed E-state index contributed by atoms with van der Waals surface area (Å²) in [7, 11) is 0. The fourth-order valence-corrected chi connectivity index (χ4v) is 3.86. The number of nitrogens with one attached hydrogen (secondary N) is 1.